The summed E-state index contributed by atoms with van der Waals surface area (Å²) >= 11 is 1.36. The molecule has 3 aromatic heterocycles. The topological polar surface area (TPSA) is 118 Å². The zero-order chi connectivity index (χ0) is 20.5. The molecule has 0 aliphatic rings. The van der Waals surface area contributed by atoms with Crippen molar-refractivity contribution < 1.29 is 8.78 Å². The zero-order valence-electron chi connectivity index (χ0n) is 15.3. The standard InChI is InChI=1S/C18H15F2N7OS.ClH/c19-5-10(6-21)8-27-18(28)26(9-24-27)16-13(20)3-12(7-23-16)11-1-2-15-14(4-11)25-17(22)29-15;/h1-5,7,9H,6,8,21H2,(H2,22,25);1H/b10-5+;. The summed E-state index contributed by atoms with van der Waals surface area (Å²) in [7, 11) is 0. The Kier molecular flexibility index (Phi) is 6.25. The van der Waals surface area contributed by atoms with Gasteiger partial charge in [0.2, 0.25) is 0 Å². The quantitative estimate of drug-likeness (QED) is 0.481. The van der Waals surface area contributed by atoms with Crippen molar-refractivity contribution in [3.8, 4) is 16.9 Å². The number of hydrogen-bond donors (Lipinski definition) is 2. The summed E-state index contributed by atoms with van der Waals surface area (Å²) in [6, 6.07) is 6.74. The van der Waals surface area contributed by atoms with E-state index in [0.29, 0.717) is 28.1 Å². The van der Waals surface area contributed by atoms with Gasteiger partial charge >= 0.3 is 5.69 Å². The molecule has 0 aliphatic heterocycles. The summed E-state index contributed by atoms with van der Waals surface area (Å²) in [5, 5.41) is 4.32. The average Bonchev–Trinajstić information content (AvgIpc) is 3.27. The summed E-state index contributed by atoms with van der Waals surface area (Å²) < 4.78 is 30.3. The molecule has 0 unspecified atom stereocenters. The highest BCUT2D eigenvalue weighted by Crippen LogP contribution is 2.29. The Bertz CT molecular complexity index is 1300. The molecule has 0 fully saturated rings. The predicted molar refractivity (Wildman–Crippen MR) is 114 cm³/mol. The summed E-state index contributed by atoms with van der Waals surface area (Å²) in [4.78, 5) is 20.7. The summed E-state index contributed by atoms with van der Waals surface area (Å²) in [6.45, 7) is -0.193. The van der Waals surface area contributed by atoms with Gasteiger partial charge in [0, 0.05) is 18.3 Å². The average molecular weight is 452 g/mol. The van der Waals surface area contributed by atoms with Gasteiger partial charge in [0.1, 0.15) is 6.33 Å². The Morgan fingerprint density at radius 3 is 2.77 bits per heavy atom. The Balaban J connectivity index is 0.00000256. The van der Waals surface area contributed by atoms with E-state index in [1.54, 1.807) is 6.07 Å². The van der Waals surface area contributed by atoms with Crippen LogP contribution in [0.3, 0.4) is 0 Å². The van der Waals surface area contributed by atoms with E-state index in [2.05, 4.69) is 15.1 Å². The second-order valence-corrected chi connectivity index (χ2v) is 7.24. The lowest BCUT2D eigenvalue weighted by Gasteiger charge is -2.06. The third-order valence-electron chi connectivity index (χ3n) is 4.29. The van der Waals surface area contributed by atoms with Crippen LogP contribution in [0.15, 0.2) is 53.5 Å². The molecular formula is C18H16ClF2N7OS. The number of thiazole rings is 1. The normalized spacial score (nSPS) is 11.6. The summed E-state index contributed by atoms with van der Waals surface area (Å²) in [5.74, 6) is -0.912. The molecule has 0 amide bonds. The van der Waals surface area contributed by atoms with Gasteiger partial charge in [-0.2, -0.15) is 5.10 Å². The number of nitrogens with zero attached hydrogens (tertiary/aromatic N) is 5. The molecule has 30 heavy (non-hydrogen) atoms. The molecule has 0 saturated carbocycles. The smallest absolute Gasteiger partial charge is 0.351 e. The molecule has 8 nitrogen and oxygen atoms in total. The number of rotatable bonds is 5. The van der Waals surface area contributed by atoms with E-state index in [4.69, 9.17) is 11.5 Å². The monoisotopic (exact) mass is 451 g/mol. The SMILES string of the molecule is Cl.NC/C(=C\F)Cn1ncn(-c2ncc(-c3ccc4sc(N)nc4c3)cc2F)c1=O. The van der Waals surface area contributed by atoms with Gasteiger partial charge in [0.05, 0.1) is 23.1 Å². The highest BCUT2D eigenvalue weighted by molar-refractivity contribution is 7.22. The lowest BCUT2D eigenvalue weighted by atomic mass is 10.1. The molecule has 0 aliphatic carbocycles. The van der Waals surface area contributed by atoms with Crippen LogP contribution in [-0.2, 0) is 6.54 Å². The van der Waals surface area contributed by atoms with E-state index in [1.807, 2.05) is 12.1 Å². The van der Waals surface area contributed by atoms with Crippen molar-refractivity contribution in [2.24, 2.45) is 5.73 Å². The van der Waals surface area contributed by atoms with Crippen molar-refractivity contribution in [3.05, 3.63) is 65.0 Å². The first-order valence-corrected chi connectivity index (χ1v) is 9.27. The van der Waals surface area contributed by atoms with Gasteiger partial charge in [0.15, 0.2) is 16.8 Å². The zero-order valence-corrected chi connectivity index (χ0v) is 17.0. The Labute approximate surface area is 178 Å². The third kappa shape index (κ3) is 3.95. The van der Waals surface area contributed by atoms with Crippen molar-refractivity contribution in [2.75, 3.05) is 12.3 Å². The van der Waals surface area contributed by atoms with Gasteiger partial charge in [-0.1, -0.05) is 17.4 Å². The Morgan fingerprint density at radius 2 is 2.07 bits per heavy atom. The van der Waals surface area contributed by atoms with Gasteiger partial charge in [-0.25, -0.2) is 32.8 Å². The predicted octanol–water partition coefficient (Wildman–Crippen LogP) is 2.66. The number of hydrogen-bond acceptors (Lipinski definition) is 7. The van der Waals surface area contributed by atoms with Gasteiger partial charge in [-0.05, 0) is 29.3 Å². The van der Waals surface area contributed by atoms with Crippen LogP contribution in [0.5, 0.6) is 0 Å². The Morgan fingerprint density at radius 1 is 1.27 bits per heavy atom. The van der Waals surface area contributed by atoms with E-state index in [9.17, 15) is 13.6 Å². The molecule has 12 heteroatoms. The molecule has 4 N–H and O–H groups in total. The van der Waals surface area contributed by atoms with E-state index in [-0.39, 0.29) is 36.9 Å². The van der Waals surface area contributed by atoms with Crippen molar-refractivity contribution in [1.82, 2.24) is 24.3 Å². The number of anilines is 1. The van der Waals surface area contributed by atoms with Crippen molar-refractivity contribution in [3.63, 3.8) is 0 Å². The Hall–Kier alpha value is -3.15. The molecule has 3 heterocycles. The van der Waals surface area contributed by atoms with Crippen LogP contribution in [0.2, 0.25) is 0 Å². The number of nitrogen functional groups attached to an aromatic ring is 1. The fourth-order valence-electron chi connectivity index (χ4n) is 2.82. The van der Waals surface area contributed by atoms with Crippen LogP contribution in [0.4, 0.5) is 13.9 Å². The maximum atomic E-state index is 14.7. The van der Waals surface area contributed by atoms with E-state index in [1.165, 1.54) is 23.6 Å². The van der Waals surface area contributed by atoms with Gasteiger partial charge in [-0.3, -0.25) is 0 Å². The van der Waals surface area contributed by atoms with Crippen LogP contribution in [-0.4, -0.2) is 30.9 Å². The second kappa shape index (κ2) is 8.69. The van der Waals surface area contributed by atoms with Crippen LogP contribution >= 0.6 is 23.7 Å². The van der Waals surface area contributed by atoms with Crippen molar-refractivity contribution in [1.29, 1.82) is 0 Å². The van der Waals surface area contributed by atoms with Crippen molar-refractivity contribution >= 4 is 39.1 Å². The maximum Gasteiger partial charge on any atom is 0.351 e. The number of aromatic nitrogens is 5. The molecule has 156 valence electrons. The molecular weight excluding hydrogens is 436 g/mol. The first-order valence-electron chi connectivity index (χ1n) is 8.45. The summed E-state index contributed by atoms with van der Waals surface area (Å²) in [5.41, 5.74) is 12.6. The molecule has 0 radical (unpaired) electrons. The number of nitrogens with two attached hydrogens (primary N) is 2. The number of halogens is 3. The van der Waals surface area contributed by atoms with Gasteiger partial charge < -0.3 is 11.5 Å². The lowest BCUT2D eigenvalue weighted by Crippen LogP contribution is -2.26. The van der Waals surface area contributed by atoms with Crippen LogP contribution in [0.25, 0.3) is 27.2 Å². The maximum absolute atomic E-state index is 14.7. The fraction of sp³-hybridized carbons (Fsp3) is 0.111. The minimum absolute atomic E-state index is 0. The lowest BCUT2D eigenvalue weighted by molar-refractivity contribution is 0.596. The molecule has 4 rings (SSSR count). The van der Waals surface area contributed by atoms with E-state index >= 15 is 0 Å². The fourth-order valence-corrected chi connectivity index (χ4v) is 3.53. The highest BCUT2D eigenvalue weighted by Gasteiger charge is 2.15. The van der Waals surface area contributed by atoms with Gasteiger partial charge in [0.25, 0.3) is 0 Å². The van der Waals surface area contributed by atoms with E-state index < -0.39 is 11.5 Å². The molecule has 0 saturated heterocycles. The van der Waals surface area contributed by atoms with Crippen LogP contribution < -0.4 is 17.2 Å². The molecule has 0 bridgehead atoms. The van der Waals surface area contributed by atoms with Crippen molar-refractivity contribution in [2.45, 2.75) is 6.54 Å². The minimum atomic E-state index is -0.706. The molecule has 0 spiro atoms. The van der Waals surface area contributed by atoms with Crippen LogP contribution in [0.1, 0.15) is 0 Å². The minimum Gasteiger partial charge on any atom is -0.375 e. The number of pyridine rings is 1. The number of fused-ring (bicyclic) bond motifs is 1. The third-order valence-corrected chi connectivity index (χ3v) is 5.16. The second-order valence-electron chi connectivity index (χ2n) is 6.18. The van der Waals surface area contributed by atoms with E-state index in [0.717, 1.165) is 20.3 Å². The number of benzene rings is 1. The highest BCUT2D eigenvalue weighted by atomic mass is 35.5. The first-order chi connectivity index (χ1) is 14.0. The van der Waals surface area contributed by atoms with Gasteiger partial charge in [-0.15, -0.1) is 12.4 Å². The molecule has 4 aromatic rings. The molecule has 0 atom stereocenters. The summed E-state index contributed by atoms with van der Waals surface area (Å²) in [6.07, 6.45) is 2.90. The largest absolute Gasteiger partial charge is 0.375 e. The first kappa shape index (κ1) is 21.6. The molecule has 1 aromatic carbocycles. The van der Waals surface area contributed by atoms with Crippen LogP contribution in [0, 0.1) is 5.82 Å².